The van der Waals surface area contributed by atoms with Gasteiger partial charge in [-0.3, -0.25) is 0 Å². The van der Waals surface area contributed by atoms with E-state index in [0.29, 0.717) is 0 Å². The molecule has 0 saturated heterocycles. The Morgan fingerprint density at radius 3 is 2.74 bits per heavy atom. The lowest BCUT2D eigenvalue weighted by Crippen LogP contribution is -2.29. The minimum Gasteiger partial charge on any atom is -0.377 e. The van der Waals surface area contributed by atoms with Gasteiger partial charge in [0.1, 0.15) is 5.82 Å². The van der Waals surface area contributed by atoms with Gasteiger partial charge in [-0.2, -0.15) is 0 Å². The monoisotopic (exact) mass is 392 g/mol. The number of aromatic nitrogens is 2. The fourth-order valence-electron chi connectivity index (χ4n) is 2.04. The average Bonchev–Trinajstić information content (AvgIpc) is 2.67. The van der Waals surface area contributed by atoms with E-state index in [-0.39, 0.29) is 11.0 Å². The Morgan fingerprint density at radius 2 is 2.16 bits per heavy atom. The molecule has 1 aromatic heterocycles. The topological polar surface area (TPSA) is 27.1 Å². The number of benzene rings is 1. The lowest BCUT2D eigenvalue weighted by atomic mass is 10.1. The Kier molecular flexibility index (Phi) is 4.42. The fourth-order valence-corrected chi connectivity index (χ4v) is 2.68. The van der Waals surface area contributed by atoms with Gasteiger partial charge in [0.2, 0.25) is 0 Å². The lowest BCUT2D eigenvalue weighted by molar-refractivity contribution is 0.00842. The van der Waals surface area contributed by atoms with Crippen molar-refractivity contribution in [2.24, 2.45) is 0 Å². The molecular weight excluding hydrogens is 375 g/mol. The molecule has 0 aliphatic rings. The quantitative estimate of drug-likeness (QED) is 0.571. The molecule has 0 amide bonds. The molecular formula is C14H18ClIN2O. The fraction of sp³-hybridized carbons (Fsp3) is 0.500. The summed E-state index contributed by atoms with van der Waals surface area (Å²) in [5, 5.41) is -0.127. The van der Waals surface area contributed by atoms with Crippen LogP contribution >= 0.6 is 34.2 Å². The van der Waals surface area contributed by atoms with Gasteiger partial charge in [0, 0.05) is 10.7 Å². The van der Waals surface area contributed by atoms with Crippen LogP contribution in [0.5, 0.6) is 0 Å². The summed E-state index contributed by atoms with van der Waals surface area (Å²) < 4.78 is 8.86. The maximum Gasteiger partial charge on any atom is 0.127 e. The lowest BCUT2D eigenvalue weighted by Gasteiger charge is -2.25. The Labute approximate surface area is 132 Å². The first-order valence-corrected chi connectivity index (χ1v) is 7.70. The van der Waals surface area contributed by atoms with Crippen LogP contribution in [0, 0.1) is 3.57 Å². The SMILES string of the molecule is COC(C)(C)Cn1c(C(C)Cl)nc2cc(I)ccc21. The second-order valence-corrected chi connectivity index (χ2v) is 7.17. The third kappa shape index (κ3) is 3.23. The Balaban J connectivity index is 2.59. The van der Waals surface area contributed by atoms with E-state index in [0.717, 1.165) is 23.4 Å². The molecule has 0 spiro atoms. The maximum absolute atomic E-state index is 6.27. The first-order valence-electron chi connectivity index (χ1n) is 6.19. The van der Waals surface area contributed by atoms with Crippen molar-refractivity contribution in [2.75, 3.05) is 7.11 Å². The minimum atomic E-state index is -0.253. The van der Waals surface area contributed by atoms with Gasteiger partial charge in [-0.05, 0) is 61.6 Å². The van der Waals surface area contributed by atoms with Gasteiger partial charge >= 0.3 is 0 Å². The highest BCUT2D eigenvalue weighted by Gasteiger charge is 2.23. The number of alkyl halides is 1. The molecule has 0 aliphatic heterocycles. The first kappa shape index (κ1) is 15.1. The van der Waals surface area contributed by atoms with Crippen LogP contribution in [0.4, 0.5) is 0 Å². The van der Waals surface area contributed by atoms with Crippen LogP contribution in [0.15, 0.2) is 18.2 Å². The number of nitrogens with zero attached hydrogens (tertiary/aromatic N) is 2. The van der Waals surface area contributed by atoms with Gasteiger partial charge in [0.25, 0.3) is 0 Å². The van der Waals surface area contributed by atoms with Gasteiger partial charge in [-0.15, -0.1) is 11.6 Å². The summed E-state index contributed by atoms with van der Waals surface area (Å²) >= 11 is 8.56. The van der Waals surface area contributed by atoms with Crippen molar-refractivity contribution in [3.8, 4) is 0 Å². The normalized spacial score (nSPS) is 14.0. The molecule has 104 valence electrons. The van der Waals surface area contributed by atoms with E-state index in [2.05, 4.69) is 64.2 Å². The van der Waals surface area contributed by atoms with Gasteiger partial charge < -0.3 is 9.30 Å². The van der Waals surface area contributed by atoms with Crippen LogP contribution in [-0.2, 0) is 11.3 Å². The molecule has 0 N–H and O–H groups in total. The molecule has 3 nitrogen and oxygen atoms in total. The van der Waals surface area contributed by atoms with E-state index in [1.54, 1.807) is 7.11 Å². The number of imidazole rings is 1. The number of rotatable bonds is 4. The maximum atomic E-state index is 6.27. The summed E-state index contributed by atoms with van der Waals surface area (Å²) in [5.41, 5.74) is 1.84. The molecule has 0 fully saturated rings. The van der Waals surface area contributed by atoms with Crippen LogP contribution < -0.4 is 0 Å². The third-order valence-electron chi connectivity index (χ3n) is 3.19. The van der Waals surface area contributed by atoms with Crippen molar-refractivity contribution in [3.63, 3.8) is 0 Å². The van der Waals surface area contributed by atoms with Crippen LogP contribution in [0.1, 0.15) is 32.0 Å². The van der Waals surface area contributed by atoms with E-state index in [1.807, 2.05) is 6.92 Å². The summed E-state index contributed by atoms with van der Waals surface area (Å²) in [6.45, 7) is 6.81. The second-order valence-electron chi connectivity index (χ2n) is 5.27. The van der Waals surface area contributed by atoms with Gasteiger partial charge in [-0.25, -0.2) is 4.98 Å². The van der Waals surface area contributed by atoms with Gasteiger partial charge in [0.15, 0.2) is 0 Å². The Morgan fingerprint density at radius 1 is 1.47 bits per heavy atom. The molecule has 19 heavy (non-hydrogen) atoms. The van der Waals surface area contributed by atoms with Crippen molar-refractivity contribution in [3.05, 3.63) is 27.6 Å². The Hall–Kier alpha value is -0.330. The van der Waals surface area contributed by atoms with Crippen molar-refractivity contribution >= 4 is 45.2 Å². The molecule has 5 heteroatoms. The molecule has 0 aliphatic carbocycles. The van der Waals surface area contributed by atoms with Gasteiger partial charge in [-0.1, -0.05) is 0 Å². The van der Waals surface area contributed by atoms with Crippen LogP contribution in [0.3, 0.4) is 0 Å². The molecule has 2 rings (SSSR count). The van der Waals surface area contributed by atoms with Crippen molar-refractivity contribution < 1.29 is 4.74 Å². The highest BCUT2D eigenvalue weighted by molar-refractivity contribution is 14.1. The molecule has 1 unspecified atom stereocenters. The second kappa shape index (κ2) is 5.58. The zero-order valence-electron chi connectivity index (χ0n) is 11.6. The summed E-state index contributed by atoms with van der Waals surface area (Å²) in [5.74, 6) is 0.892. The average molecular weight is 393 g/mol. The molecule has 1 atom stereocenters. The summed E-state index contributed by atoms with van der Waals surface area (Å²) in [6.07, 6.45) is 0. The van der Waals surface area contributed by atoms with Crippen LogP contribution in [-0.4, -0.2) is 22.3 Å². The highest BCUT2D eigenvalue weighted by atomic mass is 127. The van der Waals surface area contributed by atoms with E-state index in [4.69, 9.17) is 16.3 Å². The minimum absolute atomic E-state index is 0.127. The molecule has 0 radical (unpaired) electrons. The molecule has 0 bridgehead atoms. The Bertz CT molecular complexity index is 592. The molecule has 0 saturated carbocycles. The van der Waals surface area contributed by atoms with Crippen molar-refractivity contribution in [1.82, 2.24) is 9.55 Å². The number of halogens is 2. The largest absolute Gasteiger partial charge is 0.377 e. The van der Waals surface area contributed by atoms with E-state index in [1.165, 1.54) is 3.57 Å². The van der Waals surface area contributed by atoms with E-state index >= 15 is 0 Å². The number of hydrogen-bond acceptors (Lipinski definition) is 2. The number of fused-ring (bicyclic) bond motifs is 1. The molecule has 1 aromatic carbocycles. The van der Waals surface area contributed by atoms with Crippen LogP contribution in [0.2, 0.25) is 0 Å². The smallest absolute Gasteiger partial charge is 0.127 e. The summed E-state index contributed by atoms with van der Waals surface area (Å²) in [7, 11) is 1.73. The number of ether oxygens (including phenoxy) is 1. The van der Waals surface area contributed by atoms with Crippen molar-refractivity contribution in [2.45, 2.75) is 38.3 Å². The standard InChI is InChI=1S/C14H18ClIN2O/c1-9(15)13-17-11-7-10(16)5-6-12(11)18(13)8-14(2,3)19-4/h5-7,9H,8H2,1-4H3. The van der Waals surface area contributed by atoms with Gasteiger partial charge in [0.05, 0.1) is 28.6 Å². The van der Waals surface area contributed by atoms with Crippen molar-refractivity contribution in [1.29, 1.82) is 0 Å². The van der Waals surface area contributed by atoms with E-state index in [9.17, 15) is 0 Å². The van der Waals surface area contributed by atoms with E-state index < -0.39 is 0 Å². The third-order valence-corrected chi connectivity index (χ3v) is 4.05. The molecule has 2 aromatic rings. The van der Waals surface area contributed by atoms with Crippen LogP contribution in [0.25, 0.3) is 11.0 Å². The highest BCUT2D eigenvalue weighted by Crippen LogP contribution is 2.27. The summed E-state index contributed by atoms with van der Waals surface area (Å²) in [4.78, 5) is 4.66. The summed E-state index contributed by atoms with van der Waals surface area (Å²) in [6, 6.07) is 6.26. The zero-order valence-corrected chi connectivity index (χ0v) is 14.5. The number of hydrogen-bond donors (Lipinski definition) is 0. The number of methoxy groups -OCH3 is 1. The predicted molar refractivity (Wildman–Crippen MR) is 87.8 cm³/mol. The molecule has 1 heterocycles. The first-order chi connectivity index (χ1) is 8.84. The predicted octanol–water partition coefficient (Wildman–Crippen LogP) is 4.37. The zero-order chi connectivity index (χ0) is 14.2.